The Balaban J connectivity index is 2.02. The minimum atomic E-state index is -0.236. The van der Waals surface area contributed by atoms with Gasteiger partial charge in [0.15, 0.2) is 0 Å². The van der Waals surface area contributed by atoms with Gasteiger partial charge in [0.05, 0.1) is 5.60 Å². The van der Waals surface area contributed by atoms with Gasteiger partial charge < -0.3 is 5.11 Å². The van der Waals surface area contributed by atoms with Gasteiger partial charge in [0.2, 0.25) is 0 Å². The molecule has 2 fully saturated rings. The van der Waals surface area contributed by atoms with Crippen molar-refractivity contribution in [3.63, 3.8) is 0 Å². The van der Waals surface area contributed by atoms with Crippen LogP contribution in [0.25, 0.3) is 0 Å². The molecule has 2 aliphatic carbocycles. The van der Waals surface area contributed by atoms with Crippen molar-refractivity contribution in [1.29, 1.82) is 0 Å². The third-order valence-corrected chi connectivity index (χ3v) is 3.83. The zero-order valence-electron chi connectivity index (χ0n) is 7.89. The summed E-state index contributed by atoms with van der Waals surface area (Å²) < 4.78 is 0. The molecule has 0 heterocycles. The van der Waals surface area contributed by atoms with Crippen molar-refractivity contribution in [1.82, 2.24) is 0 Å². The highest BCUT2D eigenvalue weighted by atomic mass is 16.3. The lowest BCUT2D eigenvalue weighted by Gasteiger charge is -2.32. The molecule has 2 aliphatic rings. The maximum Gasteiger partial charge on any atom is 0.0675 e. The standard InChI is InChI=1S/C11H20O/c12-11-8-4-2-1-3-6-10(11)7-5-9-11/h10,12H,1-9H2/t10-,11-/m1/s1. The number of hydrogen-bond acceptors (Lipinski definition) is 1. The monoisotopic (exact) mass is 168 g/mol. The van der Waals surface area contributed by atoms with E-state index in [1.807, 2.05) is 0 Å². The van der Waals surface area contributed by atoms with Gasteiger partial charge in [-0.3, -0.25) is 0 Å². The molecule has 0 spiro atoms. The summed E-state index contributed by atoms with van der Waals surface area (Å²) in [5.74, 6) is 0.651. The van der Waals surface area contributed by atoms with Crippen LogP contribution in [0, 0.1) is 5.92 Å². The van der Waals surface area contributed by atoms with E-state index in [0.29, 0.717) is 5.92 Å². The summed E-state index contributed by atoms with van der Waals surface area (Å²) in [6.07, 6.45) is 11.4. The fourth-order valence-corrected chi connectivity index (χ4v) is 3.04. The molecule has 2 atom stereocenters. The van der Waals surface area contributed by atoms with Crippen molar-refractivity contribution >= 4 is 0 Å². The second-order valence-electron chi connectivity index (χ2n) is 4.65. The van der Waals surface area contributed by atoms with Crippen molar-refractivity contribution < 1.29 is 5.11 Å². The molecule has 0 aromatic heterocycles. The van der Waals surface area contributed by atoms with Crippen LogP contribution in [0.2, 0.25) is 0 Å². The Labute approximate surface area is 75.2 Å². The summed E-state index contributed by atoms with van der Waals surface area (Å²) in [4.78, 5) is 0. The van der Waals surface area contributed by atoms with Gasteiger partial charge in [-0.05, 0) is 31.6 Å². The maximum absolute atomic E-state index is 10.3. The van der Waals surface area contributed by atoms with Gasteiger partial charge in [-0.25, -0.2) is 0 Å². The zero-order valence-corrected chi connectivity index (χ0v) is 7.89. The van der Waals surface area contributed by atoms with E-state index in [9.17, 15) is 5.11 Å². The first kappa shape index (κ1) is 8.55. The van der Waals surface area contributed by atoms with Crippen LogP contribution in [-0.4, -0.2) is 10.7 Å². The van der Waals surface area contributed by atoms with Gasteiger partial charge in [0.1, 0.15) is 0 Å². The Morgan fingerprint density at radius 2 is 1.50 bits per heavy atom. The second kappa shape index (κ2) is 3.37. The highest BCUT2D eigenvalue weighted by Crippen LogP contribution is 2.43. The van der Waals surface area contributed by atoms with Gasteiger partial charge in [-0.15, -0.1) is 0 Å². The molecule has 0 saturated heterocycles. The van der Waals surface area contributed by atoms with Crippen LogP contribution in [0.1, 0.15) is 57.8 Å². The van der Waals surface area contributed by atoms with E-state index in [1.54, 1.807) is 0 Å². The zero-order chi connectivity index (χ0) is 8.44. The highest BCUT2D eigenvalue weighted by molar-refractivity contribution is 4.92. The summed E-state index contributed by atoms with van der Waals surface area (Å²) in [6, 6.07) is 0. The largest absolute Gasteiger partial charge is 0.390 e. The fraction of sp³-hybridized carbons (Fsp3) is 1.00. The SMILES string of the molecule is O[C@@]12CCCCCC[C@@H]1CCC2. The molecule has 2 rings (SSSR count). The predicted molar refractivity (Wildman–Crippen MR) is 50.0 cm³/mol. The Bertz CT molecular complexity index is 155. The Hall–Kier alpha value is -0.0400. The van der Waals surface area contributed by atoms with Gasteiger partial charge in [-0.2, -0.15) is 0 Å². The molecule has 0 aromatic carbocycles. The molecule has 0 radical (unpaired) electrons. The van der Waals surface area contributed by atoms with Gasteiger partial charge in [0, 0.05) is 0 Å². The number of fused-ring (bicyclic) bond motifs is 1. The van der Waals surface area contributed by atoms with Crippen molar-refractivity contribution in [3.05, 3.63) is 0 Å². The van der Waals surface area contributed by atoms with E-state index in [4.69, 9.17) is 0 Å². The van der Waals surface area contributed by atoms with E-state index >= 15 is 0 Å². The van der Waals surface area contributed by atoms with Crippen LogP contribution in [0.3, 0.4) is 0 Å². The highest BCUT2D eigenvalue weighted by Gasteiger charge is 2.40. The molecule has 0 amide bonds. The number of rotatable bonds is 0. The molecule has 0 aromatic rings. The van der Waals surface area contributed by atoms with Crippen LogP contribution in [0.4, 0.5) is 0 Å². The summed E-state index contributed by atoms with van der Waals surface area (Å²) in [7, 11) is 0. The average molecular weight is 168 g/mol. The van der Waals surface area contributed by atoms with Crippen molar-refractivity contribution in [3.8, 4) is 0 Å². The summed E-state index contributed by atoms with van der Waals surface area (Å²) in [6.45, 7) is 0. The summed E-state index contributed by atoms with van der Waals surface area (Å²) >= 11 is 0. The van der Waals surface area contributed by atoms with E-state index in [0.717, 1.165) is 12.8 Å². The molecule has 1 heteroatoms. The smallest absolute Gasteiger partial charge is 0.0675 e. The molecular formula is C11H20O. The third-order valence-electron chi connectivity index (χ3n) is 3.83. The Morgan fingerprint density at radius 1 is 0.833 bits per heavy atom. The summed E-state index contributed by atoms with van der Waals surface area (Å²) in [5.41, 5.74) is -0.236. The average Bonchev–Trinajstić information content (AvgIpc) is 2.34. The minimum absolute atomic E-state index is 0.236. The minimum Gasteiger partial charge on any atom is -0.390 e. The molecule has 1 N–H and O–H groups in total. The molecule has 1 nitrogen and oxygen atoms in total. The van der Waals surface area contributed by atoms with Crippen LogP contribution < -0.4 is 0 Å². The second-order valence-corrected chi connectivity index (χ2v) is 4.65. The fourth-order valence-electron chi connectivity index (χ4n) is 3.04. The lowest BCUT2D eigenvalue weighted by molar-refractivity contribution is -0.0154. The molecule has 0 bridgehead atoms. The van der Waals surface area contributed by atoms with Crippen LogP contribution in [-0.2, 0) is 0 Å². The first-order valence-corrected chi connectivity index (χ1v) is 5.54. The van der Waals surface area contributed by atoms with Crippen LogP contribution in [0.15, 0.2) is 0 Å². The lowest BCUT2D eigenvalue weighted by Crippen LogP contribution is -2.33. The molecule has 70 valence electrons. The molecule has 0 aliphatic heterocycles. The molecule has 12 heavy (non-hydrogen) atoms. The molecule has 0 unspecified atom stereocenters. The van der Waals surface area contributed by atoms with Crippen molar-refractivity contribution in [2.45, 2.75) is 63.4 Å². The van der Waals surface area contributed by atoms with Gasteiger partial charge in [-0.1, -0.05) is 32.1 Å². The lowest BCUT2D eigenvalue weighted by atomic mass is 9.80. The quantitative estimate of drug-likeness (QED) is 0.589. The normalized spacial score (nSPS) is 43.2. The van der Waals surface area contributed by atoms with E-state index < -0.39 is 0 Å². The van der Waals surface area contributed by atoms with Gasteiger partial charge in [0.25, 0.3) is 0 Å². The van der Waals surface area contributed by atoms with Crippen molar-refractivity contribution in [2.75, 3.05) is 0 Å². The van der Waals surface area contributed by atoms with E-state index in [2.05, 4.69) is 0 Å². The molecule has 2 saturated carbocycles. The number of aliphatic hydroxyl groups is 1. The Kier molecular flexibility index (Phi) is 2.40. The predicted octanol–water partition coefficient (Wildman–Crippen LogP) is 2.87. The topological polar surface area (TPSA) is 20.2 Å². The molecular weight excluding hydrogens is 148 g/mol. The maximum atomic E-state index is 10.3. The Morgan fingerprint density at radius 3 is 2.42 bits per heavy atom. The van der Waals surface area contributed by atoms with E-state index in [1.165, 1.54) is 44.9 Å². The summed E-state index contributed by atoms with van der Waals surface area (Å²) in [5, 5.41) is 10.3. The first-order chi connectivity index (χ1) is 5.81. The van der Waals surface area contributed by atoms with Crippen molar-refractivity contribution in [2.24, 2.45) is 5.92 Å². The van der Waals surface area contributed by atoms with Gasteiger partial charge >= 0.3 is 0 Å². The van der Waals surface area contributed by atoms with Crippen LogP contribution >= 0.6 is 0 Å². The number of hydrogen-bond donors (Lipinski definition) is 1. The third kappa shape index (κ3) is 1.52. The van der Waals surface area contributed by atoms with E-state index in [-0.39, 0.29) is 5.60 Å². The first-order valence-electron chi connectivity index (χ1n) is 5.54. The van der Waals surface area contributed by atoms with Crippen LogP contribution in [0.5, 0.6) is 0 Å².